The van der Waals surface area contributed by atoms with E-state index in [1.165, 1.54) is 31.2 Å². The number of hydrogen-bond acceptors (Lipinski definition) is 5. The van der Waals surface area contributed by atoms with E-state index in [1.54, 1.807) is 24.3 Å². The Hall–Kier alpha value is -2.73. The molecule has 0 spiro atoms. The SMILES string of the molecule is C[C@H](OC(=O)c1ccc([N+](=O)[O-])cc1)C(=O)c1ccc(Cl)cc1. The van der Waals surface area contributed by atoms with Crippen molar-refractivity contribution in [2.75, 3.05) is 0 Å². The molecule has 1 atom stereocenters. The van der Waals surface area contributed by atoms with Crippen molar-refractivity contribution in [1.29, 1.82) is 0 Å². The maximum Gasteiger partial charge on any atom is 0.338 e. The van der Waals surface area contributed by atoms with Gasteiger partial charge in [0.15, 0.2) is 6.10 Å². The number of esters is 1. The molecule has 0 heterocycles. The van der Waals surface area contributed by atoms with Crippen LogP contribution >= 0.6 is 11.6 Å². The molecule has 0 bridgehead atoms. The number of benzene rings is 2. The molecule has 0 radical (unpaired) electrons. The van der Waals surface area contributed by atoms with Crippen LogP contribution in [0.1, 0.15) is 27.6 Å². The van der Waals surface area contributed by atoms with Gasteiger partial charge in [-0.1, -0.05) is 11.6 Å². The molecule has 0 aliphatic heterocycles. The number of nitro groups is 1. The van der Waals surface area contributed by atoms with Gasteiger partial charge in [-0.3, -0.25) is 14.9 Å². The van der Waals surface area contributed by atoms with Crippen molar-refractivity contribution in [1.82, 2.24) is 0 Å². The highest BCUT2D eigenvalue weighted by atomic mass is 35.5. The molecule has 0 unspecified atom stereocenters. The van der Waals surface area contributed by atoms with E-state index in [2.05, 4.69) is 0 Å². The first-order valence-electron chi connectivity index (χ1n) is 6.63. The number of Topliss-reactive ketones (excluding diaryl/α,β-unsaturated/α-hetero) is 1. The van der Waals surface area contributed by atoms with E-state index >= 15 is 0 Å². The molecule has 0 saturated heterocycles. The van der Waals surface area contributed by atoms with Crippen LogP contribution in [0.25, 0.3) is 0 Å². The maximum atomic E-state index is 12.2. The second-order valence-corrected chi connectivity index (χ2v) is 5.16. The normalized spacial score (nSPS) is 11.6. The summed E-state index contributed by atoms with van der Waals surface area (Å²) in [4.78, 5) is 34.1. The number of nitrogens with zero attached hydrogens (tertiary/aromatic N) is 1. The smallest absolute Gasteiger partial charge is 0.338 e. The minimum absolute atomic E-state index is 0.131. The molecule has 6 nitrogen and oxygen atoms in total. The van der Waals surface area contributed by atoms with E-state index in [-0.39, 0.29) is 17.0 Å². The lowest BCUT2D eigenvalue weighted by atomic mass is 10.1. The van der Waals surface area contributed by atoms with Crippen LogP contribution in [0.15, 0.2) is 48.5 Å². The Labute approximate surface area is 136 Å². The molecule has 0 saturated carbocycles. The molecule has 118 valence electrons. The average Bonchev–Trinajstić information content (AvgIpc) is 2.54. The van der Waals surface area contributed by atoms with Gasteiger partial charge in [0.05, 0.1) is 10.5 Å². The third kappa shape index (κ3) is 4.14. The van der Waals surface area contributed by atoms with Gasteiger partial charge in [-0.25, -0.2) is 4.79 Å². The minimum atomic E-state index is -0.987. The lowest BCUT2D eigenvalue weighted by molar-refractivity contribution is -0.384. The van der Waals surface area contributed by atoms with Crippen LogP contribution in [0.2, 0.25) is 5.02 Å². The highest BCUT2D eigenvalue weighted by Gasteiger charge is 2.20. The van der Waals surface area contributed by atoms with Gasteiger partial charge in [0, 0.05) is 22.7 Å². The Morgan fingerprint density at radius 2 is 1.57 bits per heavy atom. The van der Waals surface area contributed by atoms with Gasteiger partial charge in [0.2, 0.25) is 5.78 Å². The predicted octanol–water partition coefficient (Wildman–Crippen LogP) is 3.68. The molecule has 2 aromatic carbocycles. The van der Waals surface area contributed by atoms with Crippen LogP contribution in [-0.4, -0.2) is 22.8 Å². The monoisotopic (exact) mass is 333 g/mol. The average molecular weight is 334 g/mol. The van der Waals surface area contributed by atoms with E-state index in [0.29, 0.717) is 10.6 Å². The summed E-state index contributed by atoms with van der Waals surface area (Å²) >= 11 is 5.75. The molecule has 23 heavy (non-hydrogen) atoms. The highest BCUT2D eigenvalue weighted by molar-refractivity contribution is 6.30. The third-order valence-electron chi connectivity index (χ3n) is 3.10. The highest BCUT2D eigenvalue weighted by Crippen LogP contribution is 2.15. The number of carbonyl (C=O) groups is 2. The first-order valence-corrected chi connectivity index (χ1v) is 7.01. The summed E-state index contributed by atoms with van der Waals surface area (Å²) < 4.78 is 5.09. The van der Waals surface area contributed by atoms with Gasteiger partial charge in [-0.15, -0.1) is 0 Å². The summed E-state index contributed by atoms with van der Waals surface area (Å²) in [6, 6.07) is 11.2. The molecule has 2 rings (SSSR count). The Balaban J connectivity index is 2.05. The summed E-state index contributed by atoms with van der Waals surface area (Å²) in [5.74, 6) is -1.09. The number of nitro benzene ring substituents is 1. The third-order valence-corrected chi connectivity index (χ3v) is 3.35. The Kier molecular flexibility index (Phi) is 5.08. The maximum absolute atomic E-state index is 12.2. The van der Waals surface area contributed by atoms with Crippen LogP contribution in [0.5, 0.6) is 0 Å². The zero-order valence-corrected chi connectivity index (χ0v) is 12.8. The van der Waals surface area contributed by atoms with Crippen molar-refractivity contribution >= 4 is 29.0 Å². The van der Waals surface area contributed by atoms with Gasteiger partial charge in [0.25, 0.3) is 5.69 Å². The second kappa shape index (κ2) is 7.02. The van der Waals surface area contributed by atoms with Crippen LogP contribution < -0.4 is 0 Å². The van der Waals surface area contributed by atoms with E-state index in [0.717, 1.165) is 0 Å². The van der Waals surface area contributed by atoms with Crippen LogP contribution in [0.4, 0.5) is 5.69 Å². The number of halogens is 1. The zero-order valence-electron chi connectivity index (χ0n) is 12.1. The van der Waals surface area contributed by atoms with Gasteiger partial charge in [0.1, 0.15) is 0 Å². The minimum Gasteiger partial charge on any atom is -0.451 e. The van der Waals surface area contributed by atoms with Gasteiger partial charge < -0.3 is 4.74 Å². The number of non-ortho nitro benzene ring substituents is 1. The largest absolute Gasteiger partial charge is 0.451 e. The lowest BCUT2D eigenvalue weighted by Gasteiger charge is -2.12. The Morgan fingerprint density at radius 3 is 2.09 bits per heavy atom. The molecule has 2 aromatic rings. The molecule has 0 aliphatic rings. The topological polar surface area (TPSA) is 86.5 Å². The van der Waals surface area contributed by atoms with E-state index in [1.807, 2.05) is 0 Å². The van der Waals surface area contributed by atoms with Crippen molar-refractivity contribution in [3.63, 3.8) is 0 Å². The van der Waals surface area contributed by atoms with Gasteiger partial charge in [-0.05, 0) is 43.3 Å². The van der Waals surface area contributed by atoms with Crippen molar-refractivity contribution in [2.45, 2.75) is 13.0 Å². The van der Waals surface area contributed by atoms with Crippen molar-refractivity contribution < 1.29 is 19.2 Å². The van der Waals surface area contributed by atoms with E-state index < -0.39 is 17.0 Å². The first kappa shape index (κ1) is 16.6. The van der Waals surface area contributed by atoms with Crippen molar-refractivity contribution in [2.24, 2.45) is 0 Å². The summed E-state index contributed by atoms with van der Waals surface area (Å²) in [6.45, 7) is 1.46. The van der Waals surface area contributed by atoms with E-state index in [9.17, 15) is 19.7 Å². The molecule has 0 amide bonds. The predicted molar refractivity (Wildman–Crippen MR) is 83.8 cm³/mol. The van der Waals surface area contributed by atoms with E-state index in [4.69, 9.17) is 16.3 Å². The van der Waals surface area contributed by atoms with Crippen LogP contribution in [0, 0.1) is 10.1 Å². The molecular weight excluding hydrogens is 322 g/mol. The quantitative estimate of drug-likeness (QED) is 0.360. The number of carbonyl (C=O) groups excluding carboxylic acids is 2. The molecule has 0 aliphatic carbocycles. The Morgan fingerprint density at radius 1 is 1.04 bits per heavy atom. The number of rotatable bonds is 5. The summed E-state index contributed by atoms with van der Waals surface area (Å²) in [7, 11) is 0. The first-order chi connectivity index (χ1) is 10.9. The zero-order chi connectivity index (χ0) is 17.0. The number of ketones is 1. The van der Waals surface area contributed by atoms with Crippen LogP contribution in [-0.2, 0) is 4.74 Å². The lowest BCUT2D eigenvalue weighted by Crippen LogP contribution is -2.24. The van der Waals surface area contributed by atoms with Crippen molar-refractivity contribution in [3.8, 4) is 0 Å². The fourth-order valence-electron chi connectivity index (χ4n) is 1.85. The molecule has 0 N–H and O–H groups in total. The summed E-state index contributed by atoms with van der Waals surface area (Å²) in [5, 5.41) is 11.1. The van der Waals surface area contributed by atoms with Crippen LogP contribution in [0.3, 0.4) is 0 Å². The number of ether oxygens (including phenoxy) is 1. The fraction of sp³-hybridized carbons (Fsp3) is 0.125. The molecule has 0 aromatic heterocycles. The Bertz CT molecular complexity index is 740. The van der Waals surface area contributed by atoms with Gasteiger partial charge >= 0.3 is 5.97 Å². The number of hydrogen-bond donors (Lipinski definition) is 0. The molecule has 7 heteroatoms. The second-order valence-electron chi connectivity index (χ2n) is 4.72. The van der Waals surface area contributed by atoms with Crippen molar-refractivity contribution in [3.05, 3.63) is 74.8 Å². The summed E-state index contributed by atoms with van der Waals surface area (Å²) in [6.07, 6.45) is -0.987. The molecule has 0 fully saturated rings. The molecular formula is C16H12ClNO5. The summed E-state index contributed by atoms with van der Waals surface area (Å²) in [5.41, 5.74) is 0.372. The fourth-order valence-corrected chi connectivity index (χ4v) is 1.98. The standard InChI is InChI=1S/C16H12ClNO5/c1-10(15(19)11-2-6-13(17)7-3-11)23-16(20)12-4-8-14(9-5-12)18(21)22/h2-10H,1H3/t10-/m0/s1. The van der Waals surface area contributed by atoms with Gasteiger partial charge in [-0.2, -0.15) is 0 Å².